The summed E-state index contributed by atoms with van der Waals surface area (Å²) in [5.74, 6) is 0.173. The first-order valence-electron chi connectivity index (χ1n) is 5.50. The van der Waals surface area contributed by atoms with Crippen LogP contribution in [0.2, 0.25) is 0 Å². The van der Waals surface area contributed by atoms with Crippen molar-refractivity contribution < 1.29 is 4.79 Å². The average molecular weight is 226 g/mol. The van der Waals surface area contributed by atoms with Gasteiger partial charge >= 0.3 is 0 Å². The van der Waals surface area contributed by atoms with Gasteiger partial charge in [0.25, 0.3) is 0 Å². The van der Waals surface area contributed by atoms with E-state index in [1.54, 1.807) is 0 Å². The Bertz CT molecular complexity index is 576. The molecule has 0 aliphatic rings. The van der Waals surface area contributed by atoms with Crippen LogP contribution in [0.25, 0.3) is 11.3 Å². The van der Waals surface area contributed by atoms with E-state index in [0.29, 0.717) is 0 Å². The van der Waals surface area contributed by atoms with Gasteiger partial charge in [-0.1, -0.05) is 24.3 Å². The number of hydrogen-bond donors (Lipinski definition) is 0. The van der Waals surface area contributed by atoms with Crippen LogP contribution in [0.5, 0.6) is 0 Å². The van der Waals surface area contributed by atoms with Crippen LogP contribution in [0, 0.1) is 13.8 Å². The highest BCUT2D eigenvalue weighted by molar-refractivity contribution is 5.90. The SMILES string of the molecule is CC(=O)c1nc(C)cc(-c2ccccc2C)n1. The number of nitrogens with zero attached hydrogens (tertiary/aromatic N) is 2. The first-order valence-corrected chi connectivity index (χ1v) is 5.50. The van der Waals surface area contributed by atoms with Gasteiger partial charge in [0.15, 0.2) is 11.6 Å². The fourth-order valence-electron chi connectivity index (χ4n) is 1.72. The summed E-state index contributed by atoms with van der Waals surface area (Å²) in [6.07, 6.45) is 0. The Labute approximate surface area is 101 Å². The normalized spacial score (nSPS) is 10.3. The second-order valence-corrected chi connectivity index (χ2v) is 4.09. The molecule has 0 saturated carbocycles. The molecule has 86 valence electrons. The van der Waals surface area contributed by atoms with E-state index < -0.39 is 0 Å². The van der Waals surface area contributed by atoms with Crippen molar-refractivity contribution in [1.29, 1.82) is 0 Å². The van der Waals surface area contributed by atoms with Crippen LogP contribution in [0.3, 0.4) is 0 Å². The number of aromatic nitrogens is 2. The van der Waals surface area contributed by atoms with Crippen molar-refractivity contribution in [2.45, 2.75) is 20.8 Å². The third kappa shape index (κ3) is 2.38. The second-order valence-electron chi connectivity index (χ2n) is 4.09. The molecule has 2 rings (SSSR count). The van der Waals surface area contributed by atoms with E-state index in [4.69, 9.17) is 0 Å². The molecular weight excluding hydrogens is 212 g/mol. The highest BCUT2D eigenvalue weighted by atomic mass is 16.1. The fourth-order valence-corrected chi connectivity index (χ4v) is 1.72. The first-order chi connectivity index (χ1) is 8.08. The molecule has 0 amide bonds. The zero-order valence-electron chi connectivity index (χ0n) is 10.2. The maximum atomic E-state index is 11.3. The molecule has 17 heavy (non-hydrogen) atoms. The molecule has 0 aliphatic carbocycles. The highest BCUT2D eigenvalue weighted by Crippen LogP contribution is 2.21. The Morgan fingerprint density at radius 1 is 1.12 bits per heavy atom. The molecular formula is C14H14N2O. The van der Waals surface area contributed by atoms with Crippen LogP contribution in [-0.2, 0) is 0 Å². The Morgan fingerprint density at radius 3 is 2.47 bits per heavy atom. The van der Waals surface area contributed by atoms with Crippen molar-refractivity contribution in [2.75, 3.05) is 0 Å². The number of carbonyl (C=O) groups is 1. The van der Waals surface area contributed by atoms with Crippen molar-refractivity contribution >= 4 is 5.78 Å². The van der Waals surface area contributed by atoms with Crippen molar-refractivity contribution in [1.82, 2.24) is 9.97 Å². The monoisotopic (exact) mass is 226 g/mol. The molecule has 0 fully saturated rings. The van der Waals surface area contributed by atoms with Gasteiger partial charge in [0, 0.05) is 18.2 Å². The van der Waals surface area contributed by atoms with E-state index in [0.717, 1.165) is 22.5 Å². The fraction of sp³-hybridized carbons (Fsp3) is 0.214. The molecule has 2 aromatic rings. The lowest BCUT2D eigenvalue weighted by molar-refractivity contribution is 0.100. The quantitative estimate of drug-likeness (QED) is 0.739. The lowest BCUT2D eigenvalue weighted by Crippen LogP contribution is -2.04. The topological polar surface area (TPSA) is 42.9 Å². The molecule has 3 heteroatoms. The van der Waals surface area contributed by atoms with Crippen LogP contribution < -0.4 is 0 Å². The first kappa shape index (κ1) is 11.5. The molecule has 0 unspecified atom stereocenters. The summed E-state index contributed by atoms with van der Waals surface area (Å²) >= 11 is 0. The Hall–Kier alpha value is -2.03. The van der Waals surface area contributed by atoms with E-state index in [2.05, 4.69) is 9.97 Å². The minimum Gasteiger partial charge on any atom is -0.291 e. The average Bonchev–Trinajstić information content (AvgIpc) is 2.28. The molecule has 0 bridgehead atoms. The Kier molecular flexibility index (Phi) is 3.00. The molecule has 0 aliphatic heterocycles. The second kappa shape index (κ2) is 4.45. The van der Waals surface area contributed by atoms with Gasteiger partial charge in [-0.25, -0.2) is 9.97 Å². The van der Waals surface area contributed by atoms with Gasteiger partial charge in [-0.3, -0.25) is 4.79 Å². The van der Waals surface area contributed by atoms with E-state index >= 15 is 0 Å². The van der Waals surface area contributed by atoms with Gasteiger partial charge in [-0.2, -0.15) is 0 Å². The van der Waals surface area contributed by atoms with E-state index in [-0.39, 0.29) is 11.6 Å². The highest BCUT2D eigenvalue weighted by Gasteiger charge is 2.09. The minimum absolute atomic E-state index is 0.108. The summed E-state index contributed by atoms with van der Waals surface area (Å²) in [7, 11) is 0. The van der Waals surface area contributed by atoms with Gasteiger partial charge in [0.05, 0.1) is 5.69 Å². The molecule has 0 atom stereocenters. The number of Topliss-reactive ketones (excluding diaryl/α,β-unsaturated/α-hetero) is 1. The Morgan fingerprint density at radius 2 is 1.82 bits per heavy atom. The smallest absolute Gasteiger partial charge is 0.196 e. The van der Waals surface area contributed by atoms with Crippen molar-refractivity contribution in [3.8, 4) is 11.3 Å². The van der Waals surface area contributed by atoms with Crippen LogP contribution >= 0.6 is 0 Å². The molecule has 1 heterocycles. The standard InChI is InChI=1S/C14H14N2O/c1-9-6-4-5-7-12(9)13-8-10(2)15-14(16-13)11(3)17/h4-8H,1-3H3. The lowest BCUT2D eigenvalue weighted by atomic mass is 10.1. The van der Waals surface area contributed by atoms with Gasteiger partial charge < -0.3 is 0 Å². The zero-order chi connectivity index (χ0) is 12.4. The van der Waals surface area contributed by atoms with Crippen LogP contribution in [0.4, 0.5) is 0 Å². The molecule has 0 spiro atoms. The summed E-state index contributed by atoms with van der Waals surface area (Å²) < 4.78 is 0. The predicted octanol–water partition coefficient (Wildman–Crippen LogP) is 2.96. The van der Waals surface area contributed by atoms with E-state index in [9.17, 15) is 4.79 Å². The molecule has 1 aromatic carbocycles. The van der Waals surface area contributed by atoms with Crippen LogP contribution in [-0.4, -0.2) is 15.8 Å². The van der Waals surface area contributed by atoms with Crippen LogP contribution in [0.1, 0.15) is 28.8 Å². The summed E-state index contributed by atoms with van der Waals surface area (Å²) in [6, 6.07) is 9.88. The number of aryl methyl sites for hydroxylation is 2. The molecule has 0 N–H and O–H groups in total. The maximum absolute atomic E-state index is 11.3. The number of hydrogen-bond acceptors (Lipinski definition) is 3. The molecule has 1 aromatic heterocycles. The number of ketones is 1. The molecule has 0 radical (unpaired) electrons. The largest absolute Gasteiger partial charge is 0.291 e. The number of rotatable bonds is 2. The van der Waals surface area contributed by atoms with Gasteiger partial charge in [-0.15, -0.1) is 0 Å². The van der Waals surface area contributed by atoms with Gasteiger partial charge in [-0.05, 0) is 25.5 Å². The summed E-state index contributed by atoms with van der Waals surface area (Å²) in [6.45, 7) is 5.38. The van der Waals surface area contributed by atoms with E-state index in [1.807, 2.05) is 44.2 Å². The summed E-state index contributed by atoms with van der Waals surface area (Å²) in [5, 5.41) is 0. The predicted molar refractivity (Wildman–Crippen MR) is 66.9 cm³/mol. The van der Waals surface area contributed by atoms with Crippen molar-refractivity contribution in [3.63, 3.8) is 0 Å². The summed E-state index contributed by atoms with van der Waals surface area (Å²) in [4.78, 5) is 19.8. The van der Waals surface area contributed by atoms with Crippen molar-refractivity contribution in [3.05, 3.63) is 47.4 Å². The summed E-state index contributed by atoms with van der Waals surface area (Å²) in [5.41, 5.74) is 3.80. The van der Waals surface area contributed by atoms with Gasteiger partial charge in [0.2, 0.25) is 0 Å². The third-order valence-electron chi connectivity index (χ3n) is 2.59. The Balaban J connectivity index is 2.60. The number of benzene rings is 1. The zero-order valence-corrected chi connectivity index (χ0v) is 10.2. The van der Waals surface area contributed by atoms with E-state index in [1.165, 1.54) is 6.92 Å². The number of carbonyl (C=O) groups excluding carboxylic acids is 1. The van der Waals surface area contributed by atoms with Crippen molar-refractivity contribution in [2.24, 2.45) is 0 Å². The molecule has 3 nitrogen and oxygen atoms in total. The third-order valence-corrected chi connectivity index (χ3v) is 2.59. The maximum Gasteiger partial charge on any atom is 0.196 e. The van der Waals surface area contributed by atoms with Gasteiger partial charge in [0.1, 0.15) is 0 Å². The molecule has 0 saturated heterocycles. The minimum atomic E-state index is -0.108. The van der Waals surface area contributed by atoms with Crippen LogP contribution in [0.15, 0.2) is 30.3 Å². The lowest BCUT2D eigenvalue weighted by Gasteiger charge is -2.06.